The van der Waals surface area contributed by atoms with Gasteiger partial charge in [0.05, 0.1) is 24.4 Å². The Morgan fingerprint density at radius 3 is 2.91 bits per heavy atom. The molecule has 9 heteroatoms. The van der Waals surface area contributed by atoms with Crippen LogP contribution >= 0.6 is 22.9 Å². The minimum absolute atomic E-state index is 0.0898. The zero-order chi connectivity index (χ0) is 22.7. The quantitative estimate of drug-likeness (QED) is 0.586. The van der Waals surface area contributed by atoms with Crippen molar-refractivity contribution in [1.29, 1.82) is 0 Å². The summed E-state index contributed by atoms with van der Waals surface area (Å²) >= 11 is 7.43. The first-order valence-electron chi connectivity index (χ1n) is 10.3. The molecule has 0 aliphatic carbocycles. The third-order valence-corrected chi connectivity index (χ3v) is 6.83. The Kier molecular flexibility index (Phi) is 6.72. The number of aryl methyl sites for hydroxylation is 1. The fraction of sp³-hybridized carbons (Fsp3) is 0.304. The molecule has 1 aliphatic rings. The van der Waals surface area contributed by atoms with Crippen molar-refractivity contribution in [2.45, 2.75) is 19.8 Å². The number of piperidine rings is 1. The van der Waals surface area contributed by atoms with E-state index in [4.69, 9.17) is 16.3 Å². The number of carbonyl (C=O) groups excluding carboxylic acids is 2. The van der Waals surface area contributed by atoms with Crippen molar-refractivity contribution in [2.75, 3.05) is 25.5 Å². The second-order valence-corrected chi connectivity index (χ2v) is 9.03. The highest BCUT2D eigenvalue weighted by Crippen LogP contribution is 2.31. The predicted molar refractivity (Wildman–Crippen MR) is 125 cm³/mol. The topological polar surface area (TPSA) is 84.4 Å². The smallest absolute Gasteiger partial charge is 0.265 e. The average Bonchev–Trinajstić information content (AvgIpc) is 3.21. The third-order valence-electron chi connectivity index (χ3n) is 5.40. The van der Waals surface area contributed by atoms with E-state index >= 15 is 0 Å². The second kappa shape index (κ2) is 9.67. The molecule has 3 aromatic rings. The fourth-order valence-electron chi connectivity index (χ4n) is 3.74. The van der Waals surface area contributed by atoms with Gasteiger partial charge in [-0.25, -0.2) is 4.98 Å². The first-order chi connectivity index (χ1) is 15.5. The molecular formula is C23H23ClN4O3S. The summed E-state index contributed by atoms with van der Waals surface area (Å²) in [6, 6.07) is 8.83. The minimum atomic E-state index is -0.317. The summed E-state index contributed by atoms with van der Waals surface area (Å²) < 4.78 is 5.31. The number of amides is 2. The minimum Gasteiger partial charge on any atom is -0.495 e. The first kappa shape index (κ1) is 22.2. The van der Waals surface area contributed by atoms with E-state index in [1.807, 2.05) is 19.1 Å². The fourth-order valence-corrected chi connectivity index (χ4v) is 4.94. The van der Waals surface area contributed by atoms with E-state index in [2.05, 4.69) is 15.3 Å². The highest BCUT2D eigenvalue weighted by molar-refractivity contribution is 7.17. The van der Waals surface area contributed by atoms with Gasteiger partial charge < -0.3 is 15.0 Å². The molecule has 0 bridgehead atoms. The molecule has 1 atom stereocenters. The Labute approximate surface area is 195 Å². The molecule has 0 spiro atoms. The molecule has 4 rings (SSSR count). The molecule has 1 N–H and O–H groups in total. The number of ether oxygens (including phenoxy) is 1. The van der Waals surface area contributed by atoms with Gasteiger partial charge in [-0.15, -0.1) is 11.3 Å². The third kappa shape index (κ3) is 4.76. The molecule has 7 nitrogen and oxygen atoms in total. The molecule has 1 aliphatic heterocycles. The van der Waals surface area contributed by atoms with E-state index in [1.165, 1.54) is 18.4 Å². The van der Waals surface area contributed by atoms with Gasteiger partial charge in [0.2, 0.25) is 5.91 Å². The number of aromatic nitrogens is 2. The lowest BCUT2D eigenvalue weighted by Crippen LogP contribution is -2.43. The second-order valence-electron chi connectivity index (χ2n) is 7.60. The number of benzene rings is 1. The molecule has 2 amide bonds. The number of halogens is 1. The van der Waals surface area contributed by atoms with Crippen LogP contribution in [0.15, 0.2) is 42.7 Å². The van der Waals surface area contributed by atoms with E-state index in [-0.39, 0.29) is 17.7 Å². The van der Waals surface area contributed by atoms with Gasteiger partial charge in [-0.2, -0.15) is 0 Å². The summed E-state index contributed by atoms with van der Waals surface area (Å²) in [5.41, 5.74) is 2.09. The zero-order valence-electron chi connectivity index (χ0n) is 17.8. The largest absolute Gasteiger partial charge is 0.495 e. The molecule has 0 saturated carbocycles. The molecule has 3 heterocycles. The van der Waals surface area contributed by atoms with Crippen LogP contribution in [0.4, 0.5) is 5.69 Å². The van der Waals surface area contributed by atoms with Crippen LogP contribution in [0.25, 0.3) is 10.6 Å². The number of nitrogens with zero attached hydrogens (tertiary/aromatic N) is 3. The van der Waals surface area contributed by atoms with Gasteiger partial charge >= 0.3 is 0 Å². The summed E-state index contributed by atoms with van der Waals surface area (Å²) in [4.78, 5) is 37.2. The van der Waals surface area contributed by atoms with Gasteiger partial charge in [0.15, 0.2) is 0 Å². The van der Waals surface area contributed by atoms with Crippen molar-refractivity contribution in [3.05, 3.63) is 58.3 Å². The Morgan fingerprint density at radius 1 is 1.31 bits per heavy atom. The van der Waals surface area contributed by atoms with E-state index in [1.54, 1.807) is 35.5 Å². The molecule has 166 valence electrons. The number of rotatable bonds is 5. The lowest BCUT2D eigenvalue weighted by atomic mass is 9.96. The molecule has 2 aromatic heterocycles. The average molecular weight is 471 g/mol. The summed E-state index contributed by atoms with van der Waals surface area (Å²) in [6.07, 6.45) is 4.90. The number of thiazole rings is 1. The maximum Gasteiger partial charge on any atom is 0.265 e. The Balaban J connectivity index is 1.47. The van der Waals surface area contributed by atoms with Crippen molar-refractivity contribution in [3.8, 4) is 16.3 Å². The Morgan fingerprint density at radius 2 is 2.16 bits per heavy atom. The zero-order valence-corrected chi connectivity index (χ0v) is 19.4. The number of methoxy groups -OCH3 is 1. The molecule has 1 aromatic carbocycles. The van der Waals surface area contributed by atoms with Crippen LogP contribution in [-0.2, 0) is 4.79 Å². The summed E-state index contributed by atoms with van der Waals surface area (Å²) in [5.74, 6) is -0.0229. The molecule has 1 saturated heterocycles. The van der Waals surface area contributed by atoms with Gasteiger partial charge in [0, 0.05) is 36.1 Å². The van der Waals surface area contributed by atoms with Crippen LogP contribution in [0, 0.1) is 12.8 Å². The van der Waals surface area contributed by atoms with Crippen molar-refractivity contribution in [1.82, 2.24) is 14.9 Å². The van der Waals surface area contributed by atoms with E-state index in [0.717, 1.165) is 17.0 Å². The number of hydrogen-bond acceptors (Lipinski definition) is 6. The number of carbonyl (C=O) groups is 2. The molecule has 1 unspecified atom stereocenters. The van der Waals surface area contributed by atoms with Gasteiger partial charge in [0.1, 0.15) is 15.6 Å². The highest BCUT2D eigenvalue weighted by Gasteiger charge is 2.31. The maximum absolute atomic E-state index is 13.2. The van der Waals surface area contributed by atoms with E-state index in [9.17, 15) is 9.59 Å². The molecular weight excluding hydrogens is 448 g/mol. The number of hydrogen-bond donors (Lipinski definition) is 1. The predicted octanol–water partition coefficient (Wildman–Crippen LogP) is 4.67. The summed E-state index contributed by atoms with van der Waals surface area (Å²) in [6.45, 7) is 2.80. The van der Waals surface area contributed by atoms with Crippen LogP contribution in [0.2, 0.25) is 5.02 Å². The SMILES string of the molecule is COc1ccc(Cl)cc1NC(=O)C1CCCN(C(=O)c2sc(-c3cccnc3)nc2C)C1. The molecule has 0 radical (unpaired) electrons. The van der Waals surface area contributed by atoms with Crippen molar-refractivity contribution in [2.24, 2.45) is 5.92 Å². The van der Waals surface area contributed by atoms with Gasteiger partial charge in [0.25, 0.3) is 5.91 Å². The van der Waals surface area contributed by atoms with Crippen LogP contribution in [0.1, 0.15) is 28.2 Å². The van der Waals surface area contributed by atoms with Crippen molar-refractivity contribution in [3.63, 3.8) is 0 Å². The number of pyridine rings is 1. The summed E-state index contributed by atoms with van der Waals surface area (Å²) in [5, 5.41) is 4.17. The van der Waals surface area contributed by atoms with E-state index < -0.39 is 0 Å². The number of anilines is 1. The van der Waals surface area contributed by atoms with Gasteiger partial charge in [-0.1, -0.05) is 11.6 Å². The van der Waals surface area contributed by atoms with E-state index in [0.29, 0.717) is 46.5 Å². The Hall–Kier alpha value is -2.97. The Bertz CT molecular complexity index is 1140. The molecule has 32 heavy (non-hydrogen) atoms. The highest BCUT2D eigenvalue weighted by atomic mass is 35.5. The molecule has 1 fully saturated rings. The van der Waals surface area contributed by atoms with Crippen molar-refractivity contribution >= 4 is 40.4 Å². The first-order valence-corrected chi connectivity index (χ1v) is 11.5. The van der Waals surface area contributed by atoms with Crippen LogP contribution in [0.3, 0.4) is 0 Å². The monoisotopic (exact) mass is 470 g/mol. The van der Waals surface area contributed by atoms with Gasteiger partial charge in [-0.05, 0) is 50.1 Å². The normalized spacial score (nSPS) is 16.0. The van der Waals surface area contributed by atoms with Crippen LogP contribution in [-0.4, -0.2) is 46.9 Å². The number of likely N-dealkylation sites (tertiary alicyclic amines) is 1. The lowest BCUT2D eigenvalue weighted by Gasteiger charge is -2.32. The van der Waals surface area contributed by atoms with Crippen LogP contribution in [0.5, 0.6) is 5.75 Å². The maximum atomic E-state index is 13.2. The standard InChI is InChI=1S/C23H23ClN4O3S/c1-14-20(32-22(26-14)15-5-3-9-25-12-15)23(30)28-10-4-6-16(13-28)21(29)27-18-11-17(24)7-8-19(18)31-2/h3,5,7-9,11-12,16H,4,6,10,13H2,1-2H3,(H,27,29). The van der Waals surface area contributed by atoms with Crippen molar-refractivity contribution < 1.29 is 14.3 Å². The number of nitrogens with one attached hydrogen (secondary N) is 1. The van der Waals surface area contributed by atoms with Crippen LogP contribution < -0.4 is 10.1 Å². The summed E-state index contributed by atoms with van der Waals surface area (Å²) in [7, 11) is 1.54. The lowest BCUT2D eigenvalue weighted by molar-refractivity contribution is -0.121. The van der Waals surface area contributed by atoms with Gasteiger partial charge in [-0.3, -0.25) is 14.6 Å².